The van der Waals surface area contributed by atoms with Gasteiger partial charge in [-0.15, -0.1) is 0 Å². The molecule has 1 aromatic carbocycles. The van der Waals surface area contributed by atoms with Gasteiger partial charge in [0.15, 0.2) is 0 Å². The van der Waals surface area contributed by atoms with E-state index in [0.29, 0.717) is 0 Å². The van der Waals surface area contributed by atoms with Gasteiger partial charge in [-0.1, -0.05) is 34.1 Å². The average Bonchev–Trinajstić information content (AvgIpc) is 2.91. The molecule has 0 bridgehead atoms. The van der Waals surface area contributed by atoms with Crippen LogP contribution in [0.25, 0.3) is 0 Å². The minimum Gasteiger partial charge on any atom is -0.314 e. The van der Waals surface area contributed by atoms with E-state index in [-0.39, 0.29) is 0 Å². The van der Waals surface area contributed by atoms with E-state index in [9.17, 15) is 0 Å². The summed E-state index contributed by atoms with van der Waals surface area (Å²) in [6, 6.07) is 9.34. The number of nitrogens with one attached hydrogen (secondary N) is 1. The van der Waals surface area contributed by atoms with Gasteiger partial charge in [-0.25, -0.2) is 0 Å². The Morgan fingerprint density at radius 3 is 2.74 bits per heavy atom. The molecule has 104 valence electrons. The van der Waals surface area contributed by atoms with Gasteiger partial charge < -0.3 is 5.32 Å². The first-order chi connectivity index (χ1) is 9.33. The number of rotatable bonds is 3. The molecule has 0 spiro atoms. The van der Waals surface area contributed by atoms with E-state index >= 15 is 0 Å². The Balaban J connectivity index is 1.55. The second kappa shape index (κ2) is 6.35. The van der Waals surface area contributed by atoms with Crippen LogP contribution in [0.15, 0.2) is 28.7 Å². The topological polar surface area (TPSA) is 18.5 Å². The van der Waals surface area contributed by atoms with Crippen LogP contribution < -0.4 is 5.32 Å². The smallest absolute Gasteiger partial charge is 0.0245 e. The highest BCUT2D eigenvalue weighted by Gasteiger charge is 2.28. The summed E-state index contributed by atoms with van der Waals surface area (Å²) in [6.07, 6.45) is 1.32. The summed E-state index contributed by atoms with van der Waals surface area (Å²) in [5, 5.41) is 3.44. The molecule has 2 fully saturated rings. The summed E-state index contributed by atoms with van der Waals surface area (Å²) in [7, 11) is 0. The predicted octanol–water partition coefficient (Wildman–Crippen LogP) is 1.93. The van der Waals surface area contributed by atoms with Crippen molar-refractivity contribution in [3.8, 4) is 0 Å². The van der Waals surface area contributed by atoms with Crippen molar-refractivity contribution in [3.05, 3.63) is 34.3 Å². The third-order valence-electron chi connectivity index (χ3n) is 4.27. The first kappa shape index (κ1) is 13.6. The third kappa shape index (κ3) is 3.37. The number of piperazine rings is 1. The van der Waals surface area contributed by atoms with E-state index in [1.165, 1.54) is 42.6 Å². The van der Waals surface area contributed by atoms with E-state index in [4.69, 9.17) is 0 Å². The Morgan fingerprint density at radius 2 is 1.95 bits per heavy atom. The molecule has 0 saturated carbocycles. The number of likely N-dealkylation sites (tertiary alicyclic amines) is 1. The van der Waals surface area contributed by atoms with Gasteiger partial charge in [-0.2, -0.15) is 0 Å². The Kier molecular flexibility index (Phi) is 4.53. The Bertz CT molecular complexity index is 418. The van der Waals surface area contributed by atoms with Gasteiger partial charge in [-0.3, -0.25) is 9.80 Å². The number of hydrogen-bond donors (Lipinski definition) is 1. The average molecular weight is 324 g/mol. The molecule has 2 aliphatic heterocycles. The largest absolute Gasteiger partial charge is 0.314 e. The second-order valence-corrected chi connectivity index (χ2v) is 6.41. The van der Waals surface area contributed by atoms with Crippen molar-refractivity contribution in [1.82, 2.24) is 15.1 Å². The molecule has 4 heteroatoms. The number of nitrogens with zero attached hydrogens (tertiary/aromatic N) is 2. The molecule has 2 aliphatic rings. The van der Waals surface area contributed by atoms with Crippen LogP contribution in [0, 0.1) is 0 Å². The van der Waals surface area contributed by atoms with Crippen molar-refractivity contribution >= 4 is 15.9 Å². The van der Waals surface area contributed by atoms with E-state index < -0.39 is 0 Å². The minimum atomic E-state index is 0.768. The Hall–Kier alpha value is -0.420. The highest BCUT2D eigenvalue weighted by Crippen LogP contribution is 2.22. The highest BCUT2D eigenvalue weighted by atomic mass is 79.9. The lowest BCUT2D eigenvalue weighted by atomic mass is 10.2. The summed E-state index contributed by atoms with van der Waals surface area (Å²) in [4.78, 5) is 5.25. The van der Waals surface area contributed by atoms with Crippen LogP contribution >= 0.6 is 15.9 Å². The minimum absolute atomic E-state index is 0.768. The molecule has 1 unspecified atom stereocenters. The van der Waals surface area contributed by atoms with Crippen molar-refractivity contribution < 1.29 is 0 Å². The first-order valence-electron chi connectivity index (χ1n) is 7.23. The standard InChI is InChI=1S/C15H22BrN3/c16-15-4-2-1-3-13(15)11-18-8-5-14(12-18)19-9-6-17-7-10-19/h1-4,14,17H,5-12H2. The fourth-order valence-electron chi connectivity index (χ4n) is 3.17. The highest BCUT2D eigenvalue weighted by molar-refractivity contribution is 9.10. The molecule has 19 heavy (non-hydrogen) atoms. The van der Waals surface area contributed by atoms with E-state index in [2.05, 4.69) is 55.3 Å². The molecule has 1 atom stereocenters. The molecular formula is C15H22BrN3. The van der Waals surface area contributed by atoms with Gasteiger partial charge in [0.2, 0.25) is 0 Å². The van der Waals surface area contributed by atoms with Gasteiger partial charge in [0, 0.05) is 56.3 Å². The molecule has 3 nitrogen and oxygen atoms in total. The van der Waals surface area contributed by atoms with Crippen LogP contribution in [0.2, 0.25) is 0 Å². The van der Waals surface area contributed by atoms with Crippen LogP contribution in [-0.4, -0.2) is 55.1 Å². The lowest BCUT2D eigenvalue weighted by molar-refractivity contribution is 0.170. The molecule has 0 aliphatic carbocycles. The molecule has 0 radical (unpaired) electrons. The maximum absolute atomic E-state index is 3.65. The summed E-state index contributed by atoms with van der Waals surface area (Å²) in [5.74, 6) is 0. The molecule has 2 heterocycles. The lowest BCUT2D eigenvalue weighted by Crippen LogP contribution is -2.49. The zero-order valence-electron chi connectivity index (χ0n) is 11.3. The summed E-state index contributed by atoms with van der Waals surface area (Å²) in [6.45, 7) is 8.27. The molecule has 0 amide bonds. The van der Waals surface area contributed by atoms with Gasteiger partial charge in [0.25, 0.3) is 0 Å². The van der Waals surface area contributed by atoms with Crippen LogP contribution in [0.3, 0.4) is 0 Å². The normalized spacial score (nSPS) is 25.8. The van der Waals surface area contributed by atoms with Crippen LogP contribution in [0.4, 0.5) is 0 Å². The summed E-state index contributed by atoms with van der Waals surface area (Å²) >= 11 is 3.65. The first-order valence-corrected chi connectivity index (χ1v) is 8.03. The van der Waals surface area contributed by atoms with E-state index in [1.54, 1.807) is 0 Å². The van der Waals surface area contributed by atoms with Crippen molar-refractivity contribution in [1.29, 1.82) is 0 Å². The maximum atomic E-state index is 3.65. The van der Waals surface area contributed by atoms with Crippen molar-refractivity contribution in [2.75, 3.05) is 39.3 Å². The SMILES string of the molecule is Brc1ccccc1CN1CCC(N2CCNCC2)C1. The fraction of sp³-hybridized carbons (Fsp3) is 0.600. The van der Waals surface area contributed by atoms with Crippen molar-refractivity contribution in [3.63, 3.8) is 0 Å². The number of hydrogen-bond acceptors (Lipinski definition) is 3. The fourth-order valence-corrected chi connectivity index (χ4v) is 3.58. The van der Waals surface area contributed by atoms with Crippen molar-refractivity contribution in [2.24, 2.45) is 0 Å². The predicted molar refractivity (Wildman–Crippen MR) is 82.3 cm³/mol. The van der Waals surface area contributed by atoms with Gasteiger partial charge in [0.05, 0.1) is 0 Å². The molecule has 3 rings (SSSR count). The number of benzene rings is 1. The van der Waals surface area contributed by atoms with Gasteiger partial charge in [0.1, 0.15) is 0 Å². The zero-order chi connectivity index (χ0) is 13.1. The molecule has 1 N–H and O–H groups in total. The monoisotopic (exact) mass is 323 g/mol. The van der Waals surface area contributed by atoms with Gasteiger partial charge >= 0.3 is 0 Å². The Labute approximate surface area is 124 Å². The summed E-state index contributed by atoms with van der Waals surface area (Å²) < 4.78 is 1.24. The molecular weight excluding hydrogens is 302 g/mol. The molecule has 0 aromatic heterocycles. The van der Waals surface area contributed by atoms with E-state index in [1.807, 2.05) is 0 Å². The number of halogens is 1. The summed E-state index contributed by atoms with van der Waals surface area (Å²) in [5.41, 5.74) is 1.41. The third-order valence-corrected chi connectivity index (χ3v) is 5.04. The molecule has 1 aromatic rings. The van der Waals surface area contributed by atoms with Crippen molar-refractivity contribution in [2.45, 2.75) is 19.0 Å². The van der Waals surface area contributed by atoms with E-state index in [0.717, 1.165) is 25.7 Å². The Morgan fingerprint density at radius 1 is 1.16 bits per heavy atom. The quantitative estimate of drug-likeness (QED) is 0.917. The van der Waals surface area contributed by atoms with Crippen LogP contribution in [0.5, 0.6) is 0 Å². The molecule has 2 saturated heterocycles. The maximum Gasteiger partial charge on any atom is 0.0245 e. The zero-order valence-corrected chi connectivity index (χ0v) is 12.9. The van der Waals surface area contributed by atoms with Crippen LogP contribution in [-0.2, 0) is 6.54 Å². The van der Waals surface area contributed by atoms with Gasteiger partial charge in [-0.05, 0) is 18.1 Å². The van der Waals surface area contributed by atoms with Crippen LogP contribution in [0.1, 0.15) is 12.0 Å². The lowest BCUT2D eigenvalue weighted by Gasteiger charge is -2.32. The second-order valence-electron chi connectivity index (χ2n) is 5.55.